The van der Waals surface area contributed by atoms with Gasteiger partial charge in [0.15, 0.2) is 0 Å². The number of ether oxygens (including phenoxy) is 2. The maximum Gasteiger partial charge on any atom is 0.111 e. The Balaban J connectivity index is 1.98. The fourth-order valence-corrected chi connectivity index (χ4v) is 2.67. The molecule has 4 atom stereocenters. The molecule has 0 aromatic carbocycles. The summed E-state index contributed by atoms with van der Waals surface area (Å²) in [5.41, 5.74) is 0. The molecule has 0 aromatic heterocycles. The Hall–Kier alpha value is -0.460. The van der Waals surface area contributed by atoms with Crippen LogP contribution in [0.5, 0.6) is 0 Å². The first-order valence-electron chi connectivity index (χ1n) is 9.05. The van der Waals surface area contributed by atoms with Crippen LogP contribution in [0.25, 0.3) is 0 Å². The summed E-state index contributed by atoms with van der Waals surface area (Å²) in [6, 6.07) is 0. The zero-order chi connectivity index (χ0) is 16.9. The largest absolute Gasteiger partial charge is 0.394 e. The number of aliphatic hydroxyl groups excluding tert-OH is 3. The van der Waals surface area contributed by atoms with Crippen molar-refractivity contribution >= 4 is 0 Å². The lowest BCUT2D eigenvalue weighted by Gasteiger charge is -2.36. The number of allylic oxidation sites excluding steroid dienone is 2. The minimum Gasteiger partial charge on any atom is -0.394 e. The van der Waals surface area contributed by atoms with Crippen LogP contribution >= 0.6 is 0 Å². The molecule has 1 saturated heterocycles. The average Bonchev–Trinajstić information content (AvgIpc) is 2.56. The van der Waals surface area contributed by atoms with Crippen LogP contribution in [0.2, 0.25) is 0 Å². The maximum absolute atomic E-state index is 9.93. The summed E-state index contributed by atoms with van der Waals surface area (Å²) in [5, 5.41) is 28.7. The molecule has 0 spiro atoms. The van der Waals surface area contributed by atoms with Gasteiger partial charge in [-0.3, -0.25) is 0 Å². The van der Waals surface area contributed by atoms with E-state index >= 15 is 0 Å². The zero-order valence-corrected chi connectivity index (χ0v) is 14.4. The second kappa shape index (κ2) is 12.9. The van der Waals surface area contributed by atoms with E-state index in [1.807, 2.05) is 0 Å². The van der Waals surface area contributed by atoms with Gasteiger partial charge >= 0.3 is 0 Å². The van der Waals surface area contributed by atoms with Crippen molar-refractivity contribution in [3.63, 3.8) is 0 Å². The van der Waals surface area contributed by atoms with Gasteiger partial charge in [0.2, 0.25) is 0 Å². The Bertz CT molecular complexity index is 308. The van der Waals surface area contributed by atoms with E-state index in [-0.39, 0.29) is 13.2 Å². The van der Waals surface area contributed by atoms with Gasteiger partial charge in [-0.1, -0.05) is 44.8 Å². The Morgan fingerprint density at radius 2 is 1.70 bits per heavy atom. The highest BCUT2D eigenvalue weighted by molar-refractivity contribution is 4.87. The van der Waals surface area contributed by atoms with Crippen molar-refractivity contribution in [2.24, 2.45) is 0 Å². The van der Waals surface area contributed by atoms with Crippen LogP contribution < -0.4 is 0 Å². The molecule has 23 heavy (non-hydrogen) atoms. The van der Waals surface area contributed by atoms with E-state index in [9.17, 15) is 10.2 Å². The fourth-order valence-electron chi connectivity index (χ4n) is 2.67. The molecule has 1 aliphatic rings. The van der Waals surface area contributed by atoms with Gasteiger partial charge in [0, 0.05) is 6.61 Å². The van der Waals surface area contributed by atoms with Gasteiger partial charge in [-0.15, -0.1) is 0 Å². The molecule has 1 fully saturated rings. The van der Waals surface area contributed by atoms with Crippen molar-refractivity contribution in [3.05, 3.63) is 12.2 Å². The third-order valence-electron chi connectivity index (χ3n) is 4.25. The quantitative estimate of drug-likeness (QED) is 0.377. The van der Waals surface area contributed by atoms with Gasteiger partial charge in [-0.25, -0.2) is 0 Å². The average molecular weight is 330 g/mol. The summed E-state index contributed by atoms with van der Waals surface area (Å²) in [5.74, 6) is 0. The molecule has 5 heteroatoms. The minimum atomic E-state index is -1.08. The molecule has 0 amide bonds. The molecule has 1 rings (SSSR count). The molecule has 136 valence electrons. The van der Waals surface area contributed by atoms with Crippen LogP contribution in [0.3, 0.4) is 0 Å². The third kappa shape index (κ3) is 8.27. The van der Waals surface area contributed by atoms with Crippen molar-refractivity contribution in [2.75, 3.05) is 19.8 Å². The van der Waals surface area contributed by atoms with Crippen LogP contribution in [0.4, 0.5) is 0 Å². The summed E-state index contributed by atoms with van der Waals surface area (Å²) >= 11 is 0. The standard InChI is InChI=1S/C18H34O5/c1-2-3-4-5-6-7-8-9-10-11-12-22-16-14-23-15(13-19)17(20)18(16)21/h5-6,15-21H,2-4,7-14H2,1H3/b6-5+/t15-,16+,17-,18-/m1/s1. The number of hydrogen-bond donors (Lipinski definition) is 3. The predicted octanol–water partition coefficient (Wildman–Crippen LogP) is 2.18. The summed E-state index contributed by atoms with van der Waals surface area (Å²) in [6.07, 6.45) is 10.6. The smallest absolute Gasteiger partial charge is 0.111 e. The summed E-state index contributed by atoms with van der Waals surface area (Å²) in [7, 11) is 0. The molecule has 1 aliphatic heterocycles. The molecular formula is C18H34O5. The van der Waals surface area contributed by atoms with E-state index in [0.717, 1.165) is 19.3 Å². The first-order valence-corrected chi connectivity index (χ1v) is 9.05. The number of rotatable bonds is 12. The van der Waals surface area contributed by atoms with Gasteiger partial charge in [-0.05, 0) is 25.7 Å². The number of aliphatic hydroxyl groups is 3. The molecule has 3 N–H and O–H groups in total. The normalized spacial score (nSPS) is 28.5. The second-order valence-corrected chi connectivity index (χ2v) is 6.26. The monoisotopic (exact) mass is 330 g/mol. The van der Waals surface area contributed by atoms with Gasteiger partial charge in [0.25, 0.3) is 0 Å². The third-order valence-corrected chi connectivity index (χ3v) is 4.25. The summed E-state index contributed by atoms with van der Waals surface area (Å²) < 4.78 is 10.9. The molecule has 0 unspecified atom stereocenters. The fraction of sp³-hybridized carbons (Fsp3) is 0.889. The van der Waals surface area contributed by atoms with Crippen molar-refractivity contribution in [1.82, 2.24) is 0 Å². The molecule has 0 aromatic rings. The Kier molecular flexibility index (Phi) is 11.5. The topological polar surface area (TPSA) is 79.2 Å². The molecule has 5 nitrogen and oxygen atoms in total. The highest BCUT2D eigenvalue weighted by Crippen LogP contribution is 2.18. The second-order valence-electron chi connectivity index (χ2n) is 6.26. The van der Waals surface area contributed by atoms with Crippen LogP contribution in [0.15, 0.2) is 12.2 Å². The van der Waals surface area contributed by atoms with Crippen molar-refractivity contribution in [2.45, 2.75) is 82.7 Å². The lowest BCUT2D eigenvalue weighted by Crippen LogP contribution is -2.55. The SMILES string of the molecule is CCCC/C=C/CCCCCCO[C@H]1CO[C@H](CO)[C@@H](O)[C@@H]1O. The molecule has 1 heterocycles. The minimum absolute atomic E-state index is 0.214. The first-order chi connectivity index (χ1) is 11.2. The van der Waals surface area contributed by atoms with Crippen LogP contribution in [0.1, 0.15) is 58.3 Å². The van der Waals surface area contributed by atoms with Gasteiger partial charge in [0.1, 0.15) is 24.4 Å². The van der Waals surface area contributed by atoms with Crippen molar-refractivity contribution in [1.29, 1.82) is 0 Å². The van der Waals surface area contributed by atoms with Gasteiger partial charge < -0.3 is 24.8 Å². The zero-order valence-electron chi connectivity index (χ0n) is 14.4. The molecule has 0 bridgehead atoms. The lowest BCUT2D eigenvalue weighted by molar-refractivity contribution is -0.208. The van der Waals surface area contributed by atoms with E-state index in [4.69, 9.17) is 14.6 Å². The van der Waals surface area contributed by atoms with Crippen molar-refractivity contribution in [3.8, 4) is 0 Å². The lowest BCUT2D eigenvalue weighted by atomic mass is 10.0. The highest BCUT2D eigenvalue weighted by Gasteiger charge is 2.38. The van der Waals surface area contributed by atoms with E-state index in [1.54, 1.807) is 0 Å². The predicted molar refractivity (Wildman–Crippen MR) is 90.3 cm³/mol. The number of hydrogen-bond acceptors (Lipinski definition) is 5. The van der Waals surface area contributed by atoms with E-state index in [2.05, 4.69) is 19.1 Å². The first kappa shape index (κ1) is 20.6. The van der Waals surface area contributed by atoms with Gasteiger partial charge in [-0.2, -0.15) is 0 Å². The van der Waals surface area contributed by atoms with E-state index in [1.165, 1.54) is 32.1 Å². The number of unbranched alkanes of at least 4 members (excludes halogenated alkanes) is 6. The van der Waals surface area contributed by atoms with E-state index in [0.29, 0.717) is 6.61 Å². The Morgan fingerprint density at radius 3 is 2.39 bits per heavy atom. The molecule has 0 aliphatic carbocycles. The highest BCUT2D eigenvalue weighted by atomic mass is 16.6. The molecule has 0 saturated carbocycles. The molecule has 0 radical (unpaired) electrons. The van der Waals surface area contributed by atoms with Crippen molar-refractivity contribution < 1.29 is 24.8 Å². The Morgan fingerprint density at radius 1 is 1.00 bits per heavy atom. The summed E-state index contributed by atoms with van der Waals surface area (Å²) in [6.45, 7) is 2.69. The molecular weight excluding hydrogens is 296 g/mol. The maximum atomic E-state index is 9.93. The van der Waals surface area contributed by atoms with Crippen LogP contribution in [0, 0.1) is 0 Å². The van der Waals surface area contributed by atoms with E-state index < -0.39 is 24.4 Å². The Labute approximate surface area is 140 Å². The van der Waals surface area contributed by atoms with Crippen LogP contribution in [-0.2, 0) is 9.47 Å². The van der Waals surface area contributed by atoms with Crippen LogP contribution in [-0.4, -0.2) is 59.6 Å². The van der Waals surface area contributed by atoms with Gasteiger partial charge in [0.05, 0.1) is 13.2 Å². The summed E-state index contributed by atoms with van der Waals surface area (Å²) in [4.78, 5) is 0.